The molecule has 29 heavy (non-hydrogen) atoms. The molecule has 1 saturated carbocycles. The topological polar surface area (TPSA) is 52.6 Å². The lowest BCUT2D eigenvalue weighted by Crippen LogP contribution is -2.13. The molecule has 0 aliphatic heterocycles. The minimum Gasteiger partial charge on any atom is -0.462 e. The molecule has 0 unspecified atom stereocenters. The maximum absolute atomic E-state index is 12.2. The first-order valence-corrected chi connectivity index (χ1v) is 11.6. The van der Waals surface area contributed by atoms with E-state index in [1.165, 1.54) is 57.8 Å². The molecule has 0 aromatic heterocycles. The predicted octanol–water partition coefficient (Wildman–Crippen LogP) is 6.72. The summed E-state index contributed by atoms with van der Waals surface area (Å²) in [5.41, 5.74) is 0.830. The zero-order chi connectivity index (χ0) is 20.7. The Kier molecular flexibility index (Phi) is 11.5. The van der Waals surface area contributed by atoms with Gasteiger partial charge in [0.15, 0.2) is 0 Å². The maximum atomic E-state index is 12.2. The van der Waals surface area contributed by atoms with E-state index in [0.29, 0.717) is 30.3 Å². The second-order valence-electron chi connectivity index (χ2n) is 8.29. The molecule has 0 atom stereocenters. The third-order valence-corrected chi connectivity index (χ3v) is 5.74. The molecule has 0 radical (unpaired) electrons. The Balaban J connectivity index is 1.61. The first-order valence-electron chi connectivity index (χ1n) is 11.6. The summed E-state index contributed by atoms with van der Waals surface area (Å²) in [6.45, 7) is 3.15. The normalized spacial score (nSPS) is 14.1. The highest BCUT2D eigenvalue weighted by Crippen LogP contribution is 2.25. The smallest absolute Gasteiger partial charge is 0.338 e. The quantitative estimate of drug-likeness (QED) is 0.256. The first kappa shape index (κ1) is 23.4. The van der Waals surface area contributed by atoms with Gasteiger partial charge in [-0.25, -0.2) is 9.59 Å². The minimum atomic E-state index is -0.366. The van der Waals surface area contributed by atoms with E-state index in [0.717, 1.165) is 25.7 Å². The second-order valence-corrected chi connectivity index (χ2v) is 8.29. The average Bonchev–Trinajstić information content (AvgIpc) is 3.27. The number of rotatable bonds is 14. The molecule has 162 valence electrons. The van der Waals surface area contributed by atoms with E-state index < -0.39 is 0 Å². The van der Waals surface area contributed by atoms with Crippen LogP contribution in [0.25, 0.3) is 0 Å². The molecule has 0 bridgehead atoms. The van der Waals surface area contributed by atoms with Crippen molar-refractivity contribution in [2.75, 3.05) is 13.2 Å². The summed E-state index contributed by atoms with van der Waals surface area (Å²) in [7, 11) is 0. The van der Waals surface area contributed by atoms with Gasteiger partial charge in [-0.3, -0.25) is 0 Å². The van der Waals surface area contributed by atoms with Gasteiger partial charge in [0, 0.05) is 0 Å². The van der Waals surface area contributed by atoms with Crippen LogP contribution >= 0.6 is 0 Å². The third-order valence-electron chi connectivity index (χ3n) is 5.74. The second kappa shape index (κ2) is 14.2. The van der Waals surface area contributed by atoms with Crippen LogP contribution in [0.15, 0.2) is 24.3 Å². The SMILES string of the molecule is CCCCCCCCCCCOC(=O)c1cccc(C(=O)OCC2CCCC2)c1. The molecule has 0 amide bonds. The molecule has 1 aliphatic rings. The highest BCUT2D eigenvalue weighted by Gasteiger charge is 2.18. The largest absolute Gasteiger partial charge is 0.462 e. The van der Waals surface area contributed by atoms with Gasteiger partial charge in [-0.05, 0) is 43.4 Å². The molecule has 0 heterocycles. The highest BCUT2D eigenvalue weighted by molar-refractivity contribution is 5.95. The number of benzene rings is 1. The fraction of sp³-hybridized carbons (Fsp3) is 0.680. The van der Waals surface area contributed by atoms with E-state index >= 15 is 0 Å². The van der Waals surface area contributed by atoms with Gasteiger partial charge < -0.3 is 9.47 Å². The molecular weight excluding hydrogens is 364 g/mol. The number of hydrogen-bond donors (Lipinski definition) is 0. The summed E-state index contributed by atoms with van der Waals surface area (Å²) < 4.78 is 10.8. The molecule has 1 aliphatic carbocycles. The van der Waals surface area contributed by atoms with Crippen LogP contribution in [-0.4, -0.2) is 25.2 Å². The van der Waals surface area contributed by atoms with Crippen LogP contribution < -0.4 is 0 Å². The summed E-state index contributed by atoms with van der Waals surface area (Å²) in [6.07, 6.45) is 15.8. The summed E-state index contributed by atoms with van der Waals surface area (Å²) in [5.74, 6) is -0.232. The van der Waals surface area contributed by atoms with Crippen molar-refractivity contribution in [3.63, 3.8) is 0 Å². The standard InChI is InChI=1S/C25H38O4/c1-2-3-4-5-6-7-8-9-12-18-28-24(26)22-16-13-17-23(19-22)25(27)29-20-21-14-10-11-15-21/h13,16-17,19,21H,2-12,14-15,18,20H2,1H3. The van der Waals surface area contributed by atoms with E-state index in [1.807, 2.05) is 0 Å². The Bertz CT molecular complexity index is 605. The van der Waals surface area contributed by atoms with Crippen LogP contribution in [0.3, 0.4) is 0 Å². The Morgan fingerprint density at radius 1 is 0.828 bits per heavy atom. The van der Waals surface area contributed by atoms with Crippen molar-refractivity contribution in [3.05, 3.63) is 35.4 Å². The monoisotopic (exact) mass is 402 g/mol. The molecule has 1 fully saturated rings. The van der Waals surface area contributed by atoms with Crippen molar-refractivity contribution >= 4 is 11.9 Å². The molecule has 4 nitrogen and oxygen atoms in total. The number of esters is 2. The van der Waals surface area contributed by atoms with Crippen LogP contribution in [0.5, 0.6) is 0 Å². The Morgan fingerprint density at radius 2 is 1.38 bits per heavy atom. The summed E-state index contributed by atoms with van der Waals surface area (Å²) >= 11 is 0. The Hall–Kier alpha value is -1.84. The number of carbonyl (C=O) groups is 2. The third kappa shape index (κ3) is 9.47. The van der Waals surface area contributed by atoms with Crippen molar-refractivity contribution in [1.82, 2.24) is 0 Å². The van der Waals surface area contributed by atoms with Crippen LogP contribution in [0.1, 0.15) is 111 Å². The van der Waals surface area contributed by atoms with Gasteiger partial charge >= 0.3 is 11.9 Å². The molecular formula is C25H38O4. The lowest BCUT2D eigenvalue weighted by atomic mass is 10.1. The predicted molar refractivity (Wildman–Crippen MR) is 116 cm³/mol. The molecule has 1 aromatic rings. The van der Waals surface area contributed by atoms with E-state index in [-0.39, 0.29) is 11.9 Å². The molecule has 4 heteroatoms. The van der Waals surface area contributed by atoms with Gasteiger partial charge in [0.1, 0.15) is 0 Å². The van der Waals surface area contributed by atoms with E-state index in [1.54, 1.807) is 24.3 Å². The summed E-state index contributed by atoms with van der Waals surface area (Å²) in [4.78, 5) is 24.5. The van der Waals surface area contributed by atoms with E-state index in [2.05, 4.69) is 6.92 Å². The van der Waals surface area contributed by atoms with Crippen molar-refractivity contribution < 1.29 is 19.1 Å². The van der Waals surface area contributed by atoms with Crippen molar-refractivity contribution in [2.45, 2.75) is 90.4 Å². The number of carbonyl (C=O) groups excluding carboxylic acids is 2. The maximum Gasteiger partial charge on any atom is 0.338 e. The number of unbranched alkanes of at least 4 members (excludes halogenated alkanes) is 8. The lowest BCUT2D eigenvalue weighted by Gasteiger charge is -2.10. The fourth-order valence-corrected chi connectivity index (χ4v) is 3.89. The van der Waals surface area contributed by atoms with Gasteiger partial charge in [0.05, 0.1) is 24.3 Å². The van der Waals surface area contributed by atoms with Crippen LogP contribution in [-0.2, 0) is 9.47 Å². The summed E-state index contributed by atoms with van der Waals surface area (Å²) in [6, 6.07) is 6.66. The van der Waals surface area contributed by atoms with Crippen molar-refractivity contribution in [1.29, 1.82) is 0 Å². The minimum absolute atomic E-state index is 0.356. The molecule has 2 rings (SSSR count). The molecule has 1 aromatic carbocycles. The zero-order valence-electron chi connectivity index (χ0n) is 18.1. The van der Waals surface area contributed by atoms with Gasteiger partial charge in [0.2, 0.25) is 0 Å². The van der Waals surface area contributed by atoms with E-state index in [9.17, 15) is 9.59 Å². The van der Waals surface area contributed by atoms with Crippen LogP contribution in [0.4, 0.5) is 0 Å². The van der Waals surface area contributed by atoms with E-state index in [4.69, 9.17) is 9.47 Å². The average molecular weight is 403 g/mol. The molecule has 0 N–H and O–H groups in total. The molecule has 0 saturated heterocycles. The number of hydrogen-bond acceptors (Lipinski definition) is 4. The van der Waals surface area contributed by atoms with Gasteiger partial charge in [-0.2, -0.15) is 0 Å². The van der Waals surface area contributed by atoms with Crippen molar-refractivity contribution in [2.24, 2.45) is 5.92 Å². The van der Waals surface area contributed by atoms with Gasteiger partial charge in [-0.15, -0.1) is 0 Å². The fourth-order valence-electron chi connectivity index (χ4n) is 3.89. The zero-order valence-corrected chi connectivity index (χ0v) is 18.1. The Labute approximate surface area is 176 Å². The van der Waals surface area contributed by atoms with Gasteiger partial charge in [0.25, 0.3) is 0 Å². The number of ether oxygens (including phenoxy) is 2. The molecule has 0 spiro atoms. The lowest BCUT2D eigenvalue weighted by molar-refractivity contribution is 0.0442. The highest BCUT2D eigenvalue weighted by atomic mass is 16.5. The first-order chi connectivity index (χ1) is 14.2. The van der Waals surface area contributed by atoms with Crippen LogP contribution in [0.2, 0.25) is 0 Å². The van der Waals surface area contributed by atoms with Gasteiger partial charge in [-0.1, -0.05) is 77.2 Å². The van der Waals surface area contributed by atoms with Crippen molar-refractivity contribution in [3.8, 4) is 0 Å². The Morgan fingerprint density at radius 3 is 2.00 bits per heavy atom. The van der Waals surface area contributed by atoms with Crippen LogP contribution in [0, 0.1) is 5.92 Å². The summed E-state index contributed by atoms with van der Waals surface area (Å²) in [5, 5.41) is 0.